The Morgan fingerprint density at radius 2 is 1.94 bits per heavy atom. The number of carbonyl (C=O) groups excluding carboxylic acids is 1. The first-order valence-corrected chi connectivity index (χ1v) is 6.94. The van der Waals surface area contributed by atoms with Gasteiger partial charge in [-0.05, 0) is 20.4 Å². The monoisotopic (exact) mass is 256 g/mol. The molecule has 1 fully saturated rings. The Morgan fingerprint density at radius 3 is 2.50 bits per heavy atom. The highest BCUT2D eigenvalue weighted by Gasteiger charge is 2.26. The summed E-state index contributed by atoms with van der Waals surface area (Å²) in [4.78, 5) is 16.6. The van der Waals surface area contributed by atoms with E-state index in [0.29, 0.717) is 6.54 Å². The van der Waals surface area contributed by atoms with Gasteiger partial charge >= 0.3 is 0 Å². The number of piperazine rings is 1. The fourth-order valence-electron chi connectivity index (χ4n) is 2.23. The van der Waals surface area contributed by atoms with Crippen LogP contribution in [0.3, 0.4) is 0 Å². The first-order valence-electron chi connectivity index (χ1n) is 6.94. The molecule has 1 saturated heterocycles. The number of rotatable bonds is 6. The zero-order valence-electron chi connectivity index (χ0n) is 12.0. The number of hydrogen-bond donors (Lipinski definition) is 2. The number of hydrogen-bond acceptors (Lipinski definition) is 4. The zero-order chi connectivity index (χ0) is 13.6. The molecule has 0 aromatic rings. The maximum atomic E-state index is 11.9. The molecule has 1 heterocycles. The number of carbonyl (C=O) groups is 1. The molecule has 0 aromatic carbocycles. The van der Waals surface area contributed by atoms with Crippen LogP contribution in [0.4, 0.5) is 0 Å². The highest BCUT2D eigenvalue weighted by atomic mass is 16.2. The van der Waals surface area contributed by atoms with Crippen LogP contribution in [0.25, 0.3) is 0 Å². The second kappa shape index (κ2) is 7.07. The standard InChI is InChI=1S/C13H28N4O/c1-4-5-13(2,14)12(18)15-6-7-17-10-8-16(3)9-11-17/h4-11,14H2,1-3H3,(H,15,18). The highest BCUT2D eigenvalue weighted by molar-refractivity contribution is 5.85. The van der Waals surface area contributed by atoms with Gasteiger partial charge in [0.2, 0.25) is 5.91 Å². The fourth-order valence-corrected chi connectivity index (χ4v) is 2.23. The van der Waals surface area contributed by atoms with E-state index in [1.807, 2.05) is 13.8 Å². The van der Waals surface area contributed by atoms with Gasteiger partial charge in [-0.2, -0.15) is 0 Å². The lowest BCUT2D eigenvalue weighted by atomic mass is 9.96. The van der Waals surface area contributed by atoms with Gasteiger partial charge in [0.05, 0.1) is 5.54 Å². The summed E-state index contributed by atoms with van der Waals surface area (Å²) in [6, 6.07) is 0. The molecule has 0 bridgehead atoms. The molecule has 5 nitrogen and oxygen atoms in total. The van der Waals surface area contributed by atoms with Crippen molar-refractivity contribution in [2.24, 2.45) is 5.73 Å². The van der Waals surface area contributed by atoms with Crippen molar-refractivity contribution in [2.45, 2.75) is 32.2 Å². The van der Waals surface area contributed by atoms with E-state index >= 15 is 0 Å². The van der Waals surface area contributed by atoms with Crippen LogP contribution >= 0.6 is 0 Å². The van der Waals surface area contributed by atoms with Crippen LogP contribution in [-0.4, -0.2) is 67.6 Å². The maximum absolute atomic E-state index is 11.9. The van der Waals surface area contributed by atoms with Gasteiger partial charge < -0.3 is 16.0 Å². The third-order valence-corrected chi connectivity index (χ3v) is 3.60. The summed E-state index contributed by atoms with van der Waals surface area (Å²) in [5, 5.41) is 2.95. The van der Waals surface area contributed by atoms with Crippen molar-refractivity contribution in [3.63, 3.8) is 0 Å². The van der Waals surface area contributed by atoms with Gasteiger partial charge in [-0.1, -0.05) is 13.3 Å². The van der Waals surface area contributed by atoms with Crippen LogP contribution in [0.1, 0.15) is 26.7 Å². The molecule has 5 heteroatoms. The Balaban J connectivity index is 2.19. The molecule has 1 aliphatic heterocycles. The summed E-state index contributed by atoms with van der Waals surface area (Å²) < 4.78 is 0. The molecule has 1 atom stereocenters. The number of nitrogens with zero attached hydrogens (tertiary/aromatic N) is 2. The Hall–Kier alpha value is -0.650. The maximum Gasteiger partial charge on any atom is 0.239 e. The minimum Gasteiger partial charge on any atom is -0.353 e. The smallest absolute Gasteiger partial charge is 0.239 e. The molecule has 18 heavy (non-hydrogen) atoms. The second-order valence-electron chi connectivity index (χ2n) is 5.57. The predicted molar refractivity (Wildman–Crippen MR) is 74.4 cm³/mol. The minimum absolute atomic E-state index is 0.0292. The quantitative estimate of drug-likeness (QED) is 0.695. The third kappa shape index (κ3) is 4.92. The fraction of sp³-hybridized carbons (Fsp3) is 0.923. The average molecular weight is 256 g/mol. The zero-order valence-corrected chi connectivity index (χ0v) is 12.0. The number of likely N-dealkylation sites (N-methyl/N-ethyl adjacent to an activating group) is 1. The van der Waals surface area contributed by atoms with Gasteiger partial charge in [-0.3, -0.25) is 9.69 Å². The highest BCUT2D eigenvalue weighted by Crippen LogP contribution is 2.08. The predicted octanol–water partition coefficient (Wildman–Crippen LogP) is -0.132. The lowest BCUT2D eigenvalue weighted by Gasteiger charge is -2.32. The molecule has 0 aliphatic carbocycles. The van der Waals surface area contributed by atoms with Crippen molar-refractivity contribution in [1.29, 1.82) is 0 Å². The largest absolute Gasteiger partial charge is 0.353 e. The Bertz CT molecular complexity index is 260. The van der Waals surface area contributed by atoms with Gasteiger partial charge in [0.25, 0.3) is 0 Å². The normalized spacial score (nSPS) is 21.6. The number of nitrogens with one attached hydrogen (secondary N) is 1. The van der Waals surface area contributed by atoms with E-state index in [0.717, 1.165) is 45.6 Å². The van der Waals surface area contributed by atoms with Crippen molar-refractivity contribution in [1.82, 2.24) is 15.1 Å². The Labute approximate surface area is 111 Å². The van der Waals surface area contributed by atoms with E-state index in [2.05, 4.69) is 22.2 Å². The molecule has 0 saturated carbocycles. The molecular formula is C13H28N4O. The van der Waals surface area contributed by atoms with Crippen molar-refractivity contribution >= 4 is 5.91 Å². The molecule has 0 radical (unpaired) electrons. The van der Waals surface area contributed by atoms with E-state index in [-0.39, 0.29) is 5.91 Å². The summed E-state index contributed by atoms with van der Waals surface area (Å²) in [6.45, 7) is 9.85. The van der Waals surface area contributed by atoms with Gasteiger partial charge in [0, 0.05) is 39.3 Å². The molecule has 1 aliphatic rings. The van der Waals surface area contributed by atoms with E-state index in [1.165, 1.54) is 0 Å². The van der Waals surface area contributed by atoms with Crippen LogP contribution in [0.15, 0.2) is 0 Å². The summed E-state index contributed by atoms with van der Waals surface area (Å²) >= 11 is 0. The summed E-state index contributed by atoms with van der Waals surface area (Å²) in [5.74, 6) is -0.0292. The molecule has 1 amide bonds. The molecule has 1 rings (SSSR count). The number of nitrogens with two attached hydrogens (primary N) is 1. The first-order chi connectivity index (χ1) is 8.45. The van der Waals surface area contributed by atoms with E-state index < -0.39 is 5.54 Å². The molecular weight excluding hydrogens is 228 g/mol. The van der Waals surface area contributed by atoms with Crippen molar-refractivity contribution in [3.05, 3.63) is 0 Å². The summed E-state index contributed by atoms with van der Waals surface area (Å²) in [7, 11) is 2.14. The molecule has 3 N–H and O–H groups in total. The summed E-state index contributed by atoms with van der Waals surface area (Å²) in [6.07, 6.45) is 1.66. The van der Waals surface area contributed by atoms with Gasteiger partial charge in [0.15, 0.2) is 0 Å². The van der Waals surface area contributed by atoms with Crippen LogP contribution in [0.2, 0.25) is 0 Å². The lowest BCUT2D eigenvalue weighted by Crippen LogP contribution is -2.53. The van der Waals surface area contributed by atoms with E-state index in [4.69, 9.17) is 5.73 Å². The van der Waals surface area contributed by atoms with Crippen LogP contribution in [0, 0.1) is 0 Å². The van der Waals surface area contributed by atoms with Crippen LogP contribution < -0.4 is 11.1 Å². The van der Waals surface area contributed by atoms with E-state index in [1.54, 1.807) is 0 Å². The van der Waals surface area contributed by atoms with Gasteiger partial charge in [-0.25, -0.2) is 0 Å². The Morgan fingerprint density at radius 1 is 1.33 bits per heavy atom. The van der Waals surface area contributed by atoms with Crippen molar-refractivity contribution in [3.8, 4) is 0 Å². The lowest BCUT2D eigenvalue weighted by molar-refractivity contribution is -0.126. The Kier molecular flexibility index (Phi) is 6.05. The molecule has 0 spiro atoms. The van der Waals surface area contributed by atoms with E-state index in [9.17, 15) is 4.79 Å². The van der Waals surface area contributed by atoms with Gasteiger partial charge in [0.1, 0.15) is 0 Å². The summed E-state index contributed by atoms with van der Waals surface area (Å²) in [5.41, 5.74) is 5.25. The topological polar surface area (TPSA) is 61.6 Å². The van der Waals surface area contributed by atoms with Gasteiger partial charge in [-0.15, -0.1) is 0 Å². The molecule has 106 valence electrons. The molecule has 1 unspecified atom stereocenters. The number of amides is 1. The average Bonchev–Trinajstić information content (AvgIpc) is 2.31. The van der Waals surface area contributed by atoms with Crippen molar-refractivity contribution in [2.75, 3.05) is 46.3 Å². The third-order valence-electron chi connectivity index (χ3n) is 3.60. The first kappa shape index (κ1) is 15.4. The van der Waals surface area contributed by atoms with Crippen LogP contribution in [-0.2, 0) is 4.79 Å². The minimum atomic E-state index is -0.725. The second-order valence-corrected chi connectivity index (χ2v) is 5.57. The molecule has 0 aromatic heterocycles. The van der Waals surface area contributed by atoms with Crippen molar-refractivity contribution < 1.29 is 4.79 Å². The SMILES string of the molecule is CCCC(C)(N)C(=O)NCCN1CCN(C)CC1. The van der Waals surface area contributed by atoms with Crippen LogP contribution in [0.5, 0.6) is 0 Å².